The first-order valence-corrected chi connectivity index (χ1v) is 20.6. The molecule has 1 atom stereocenters. The summed E-state index contributed by atoms with van der Waals surface area (Å²) < 4.78 is 6.35. The number of halogens is 1. The van der Waals surface area contributed by atoms with E-state index >= 15 is 0 Å². The lowest BCUT2D eigenvalue weighted by Gasteiger charge is -2.63. The van der Waals surface area contributed by atoms with Crippen molar-refractivity contribution in [2.45, 2.75) is 71.6 Å². The number of aromatic nitrogens is 2. The second-order valence-electron chi connectivity index (χ2n) is 17.5. The Hall–Kier alpha value is -5.59. The van der Waals surface area contributed by atoms with Crippen LogP contribution in [0, 0.1) is 28.1 Å². The number of rotatable bonds is 9. The molecule has 5 amide bonds. The highest BCUT2D eigenvalue weighted by molar-refractivity contribution is 6.31. The molecule has 2 N–H and O–H groups in total. The molecule has 308 valence electrons. The van der Waals surface area contributed by atoms with Gasteiger partial charge in [-0.15, -0.1) is 0 Å². The fraction of sp³-hybridized carbons (Fsp3) is 0.488. The van der Waals surface area contributed by atoms with Crippen molar-refractivity contribution in [2.24, 2.45) is 16.7 Å². The first-order valence-electron chi connectivity index (χ1n) is 20.2. The molecule has 1 aliphatic carbocycles. The Bertz CT molecular complexity index is 2230. The van der Waals surface area contributed by atoms with Gasteiger partial charge in [0.1, 0.15) is 24.0 Å². The summed E-state index contributed by atoms with van der Waals surface area (Å²) in [5.41, 5.74) is 1.92. The number of anilines is 2. The Kier molecular flexibility index (Phi) is 10.6. The Morgan fingerprint density at radius 2 is 1.54 bits per heavy atom. The topological polar surface area (TPSA) is 181 Å². The minimum Gasteiger partial charge on any atom is -0.489 e. The third-order valence-corrected chi connectivity index (χ3v) is 13.2. The molecule has 59 heavy (non-hydrogen) atoms. The number of piperazine rings is 1. The van der Waals surface area contributed by atoms with E-state index in [4.69, 9.17) is 16.3 Å². The van der Waals surface area contributed by atoms with Crippen LogP contribution in [0.4, 0.5) is 11.4 Å². The van der Waals surface area contributed by atoms with Crippen LogP contribution in [0.3, 0.4) is 0 Å². The molecule has 0 spiro atoms. The maximum Gasteiger partial charge on any atom is 0.289 e. The number of carbonyl (C=O) groups is 5. The number of benzene rings is 2. The van der Waals surface area contributed by atoms with Crippen LogP contribution >= 0.6 is 11.6 Å². The minimum absolute atomic E-state index is 0.0864. The molecule has 8 rings (SSSR count). The van der Waals surface area contributed by atoms with E-state index in [9.17, 15) is 29.2 Å². The number of fused-ring (bicyclic) bond motifs is 1. The van der Waals surface area contributed by atoms with Crippen LogP contribution in [0.5, 0.6) is 5.75 Å². The normalized spacial score (nSPS) is 24.3. The summed E-state index contributed by atoms with van der Waals surface area (Å²) in [4.78, 5) is 80.8. The van der Waals surface area contributed by atoms with Gasteiger partial charge in [-0.25, -0.2) is 9.97 Å². The van der Waals surface area contributed by atoms with Crippen LogP contribution in [-0.2, 0) is 9.59 Å². The molecule has 1 unspecified atom stereocenters. The number of imide groups is 2. The highest BCUT2D eigenvalue weighted by Gasteiger charge is 2.64. The average Bonchev–Trinajstić information content (AvgIpc) is 3.47. The number of nitrogens with one attached hydrogen (secondary N) is 2. The van der Waals surface area contributed by atoms with Crippen LogP contribution in [0.15, 0.2) is 48.8 Å². The molecule has 5 aliphatic rings. The van der Waals surface area contributed by atoms with Crippen LogP contribution < -0.4 is 25.2 Å². The molecule has 1 saturated carbocycles. The van der Waals surface area contributed by atoms with Crippen molar-refractivity contribution in [1.29, 1.82) is 5.26 Å². The highest BCUT2D eigenvalue weighted by atomic mass is 35.5. The molecule has 3 aromatic rings. The van der Waals surface area contributed by atoms with Gasteiger partial charge in [0.15, 0.2) is 0 Å². The van der Waals surface area contributed by atoms with Gasteiger partial charge in [-0.3, -0.25) is 39.1 Å². The standard InChI is InChI=1S/C43H48ClN9O6/c1-42(2)40(43(3,4)41(42)59-29-7-5-26(21-45)32(44)20-29)49-37(56)35-46-22-28(23-47-35)52-17-15-50(16-18-52)24-25-11-13-51(14-12-25)27-6-8-30-31(19-27)39(58)53(38(30)57)33-9-10-34(54)48-36(33)55/h5-8,19-20,22-23,25,33,40-41H,9-18,24H2,1-4H3,(H,49,56)(H,48,54,55). The number of carbonyl (C=O) groups excluding carboxylic acids is 5. The van der Waals surface area contributed by atoms with Crippen LogP contribution in [0.2, 0.25) is 5.02 Å². The number of nitriles is 1. The van der Waals surface area contributed by atoms with Crippen LogP contribution in [0.1, 0.15) is 90.3 Å². The summed E-state index contributed by atoms with van der Waals surface area (Å²) in [6.07, 6.45) is 5.44. The van der Waals surface area contributed by atoms with E-state index in [-0.39, 0.29) is 42.3 Å². The number of hydrogen-bond donors (Lipinski definition) is 2. The molecule has 15 nitrogen and oxygen atoms in total. The molecule has 2 aromatic carbocycles. The smallest absolute Gasteiger partial charge is 0.289 e. The molecular weight excluding hydrogens is 774 g/mol. The van der Waals surface area contributed by atoms with Crippen LogP contribution in [0.25, 0.3) is 0 Å². The summed E-state index contributed by atoms with van der Waals surface area (Å²) in [6.45, 7) is 14.3. The second kappa shape index (κ2) is 15.5. The molecule has 16 heteroatoms. The number of amides is 5. The molecule has 1 aromatic heterocycles. The molecule has 3 saturated heterocycles. The third kappa shape index (κ3) is 7.48. The monoisotopic (exact) mass is 821 g/mol. The molecule has 5 heterocycles. The summed E-state index contributed by atoms with van der Waals surface area (Å²) >= 11 is 6.24. The quantitative estimate of drug-likeness (QED) is 0.296. The Balaban J connectivity index is 0.789. The average molecular weight is 822 g/mol. The largest absolute Gasteiger partial charge is 0.489 e. The molecule has 4 fully saturated rings. The van der Waals surface area contributed by atoms with E-state index in [1.165, 1.54) is 0 Å². The lowest BCUT2D eigenvalue weighted by atomic mass is 9.49. The minimum atomic E-state index is -0.979. The second-order valence-corrected chi connectivity index (χ2v) is 17.9. The van der Waals surface area contributed by atoms with Crippen molar-refractivity contribution in [2.75, 3.05) is 55.6 Å². The maximum atomic E-state index is 13.4. The SMILES string of the molecule is CC1(C)C(NC(=O)c2ncc(N3CCN(CC4CCN(c5ccc6c(c5)C(=O)N(C5CCC(=O)NC5=O)C6=O)CC4)CC3)cn2)C(C)(C)C1Oc1ccc(C#N)c(Cl)c1. The fourth-order valence-corrected chi connectivity index (χ4v) is 10.2. The predicted molar refractivity (Wildman–Crippen MR) is 218 cm³/mol. The van der Waals surface area contributed by atoms with Crippen molar-refractivity contribution in [1.82, 2.24) is 30.4 Å². The zero-order valence-corrected chi connectivity index (χ0v) is 34.4. The first-order chi connectivity index (χ1) is 28.1. The van der Waals surface area contributed by atoms with E-state index in [0.717, 1.165) is 74.9 Å². The van der Waals surface area contributed by atoms with Gasteiger partial charge in [-0.2, -0.15) is 5.26 Å². The Morgan fingerprint density at radius 1 is 0.881 bits per heavy atom. The summed E-state index contributed by atoms with van der Waals surface area (Å²) in [5.74, 6) is -1.12. The lowest BCUT2D eigenvalue weighted by Crippen LogP contribution is -2.74. The number of piperidine rings is 2. The van der Waals surface area contributed by atoms with Crippen molar-refractivity contribution in [3.05, 3.63) is 76.3 Å². The summed E-state index contributed by atoms with van der Waals surface area (Å²) in [7, 11) is 0. The van der Waals surface area contributed by atoms with Crippen LogP contribution in [-0.4, -0.2) is 113 Å². The van der Waals surface area contributed by atoms with Gasteiger partial charge in [-0.05, 0) is 55.5 Å². The van der Waals surface area contributed by atoms with Gasteiger partial charge in [0.05, 0.1) is 39.8 Å². The molecular formula is C43H48ClN9O6. The van der Waals surface area contributed by atoms with Gasteiger partial charge in [0.25, 0.3) is 17.7 Å². The lowest BCUT2D eigenvalue weighted by molar-refractivity contribution is -0.164. The van der Waals surface area contributed by atoms with Gasteiger partial charge in [0.2, 0.25) is 17.6 Å². The zero-order valence-electron chi connectivity index (χ0n) is 33.7. The van der Waals surface area contributed by atoms with Crippen molar-refractivity contribution in [3.8, 4) is 11.8 Å². The van der Waals surface area contributed by atoms with Crippen molar-refractivity contribution < 1.29 is 28.7 Å². The first kappa shape index (κ1) is 40.2. The summed E-state index contributed by atoms with van der Waals surface area (Å²) in [5, 5.41) is 14.9. The predicted octanol–water partition coefficient (Wildman–Crippen LogP) is 4.05. The Labute approximate surface area is 348 Å². The highest BCUT2D eigenvalue weighted by Crippen LogP contribution is 2.55. The number of hydrogen-bond acceptors (Lipinski definition) is 12. The van der Waals surface area contributed by atoms with Gasteiger partial charge in [-0.1, -0.05) is 39.3 Å². The summed E-state index contributed by atoms with van der Waals surface area (Å²) in [6, 6.07) is 11.2. The zero-order chi connectivity index (χ0) is 41.8. The van der Waals surface area contributed by atoms with E-state index in [2.05, 4.69) is 69.1 Å². The van der Waals surface area contributed by atoms with Crippen molar-refractivity contribution in [3.63, 3.8) is 0 Å². The van der Waals surface area contributed by atoms with Gasteiger partial charge >= 0.3 is 0 Å². The molecule has 0 radical (unpaired) electrons. The van der Waals surface area contributed by atoms with E-state index in [1.54, 1.807) is 42.7 Å². The Morgan fingerprint density at radius 3 is 2.19 bits per heavy atom. The van der Waals surface area contributed by atoms with E-state index < -0.39 is 40.5 Å². The van der Waals surface area contributed by atoms with Crippen molar-refractivity contribution >= 4 is 52.5 Å². The fourth-order valence-electron chi connectivity index (χ4n) is 9.98. The maximum absolute atomic E-state index is 13.4. The van der Waals surface area contributed by atoms with Gasteiger partial charge in [0, 0.05) is 80.9 Å². The van der Waals surface area contributed by atoms with Gasteiger partial charge < -0.3 is 19.9 Å². The van der Waals surface area contributed by atoms with E-state index in [0.29, 0.717) is 27.8 Å². The molecule has 4 aliphatic heterocycles. The number of nitrogens with zero attached hydrogens (tertiary/aromatic N) is 7. The van der Waals surface area contributed by atoms with E-state index in [1.807, 2.05) is 6.07 Å². The number of ether oxygens (including phenoxy) is 1. The molecule has 0 bridgehead atoms. The third-order valence-electron chi connectivity index (χ3n) is 12.9.